The number of benzene rings is 3. The number of halogens is 1. The Labute approximate surface area is 206 Å². The third-order valence-electron chi connectivity index (χ3n) is 6.66. The Kier molecular flexibility index (Phi) is 5.30. The zero-order chi connectivity index (χ0) is 25.1. The predicted molar refractivity (Wildman–Crippen MR) is 133 cm³/mol. The summed E-state index contributed by atoms with van der Waals surface area (Å²) in [6.07, 6.45) is -1.16. The number of aryl methyl sites for hydroxylation is 1. The maximum Gasteiger partial charge on any atom is 0.413 e. The van der Waals surface area contributed by atoms with Crippen molar-refractivity contribution in [2.75, 3.05) is 11.9 Å². The third-order valence-corrected chi connectivity index (χ3v) is 6.89. The molecule has 2 amide bonds. The minimum absolute atomic E-state index is 0.152. The van der Waals surface area contributed by atoms with Gasteiger partial charge in [-0.3, -0.25) is 14.6 Å². The molecule has 2 heterocycles. The molecule has 0 radical (unpaired) electrons. The molecule has 0 saturated carbocycles. The van der Waals surface area contributed by atoms with Gasteiger partial charge in [0.05, 0.1) is 17.1 Å². The normalized spacial score (nSPS) is 18.1. The average Bonchev–Trinajstić information content (AvgIpc) is 3.37. The zero-order valence-corrected chi connectivity index (χ0v) is 20.0. The first-order chi connectivity index (χ1) is 16.6. The molecule has 1 aromatic heterocycles. The number of nitrogens with zero attached hydrogens (tertiary/aromatic N) is 3. The summed E-state index contributed by atoms with van der Waals surface area (Å²) in [5.74, 6) is -0.150. The van der Waals surface area contributed by atoms with Gasteiger partial charge in [0.2, 0.25) is 5.95 Å². The van der Waals surface area contributed by atoms with Crippen molar-refractivity contribution >= 4 is 40.6 Å². The average molecular weight is 491 g/mol. The van der Waals surface area contributed by atoms with E-state index in [0.717, 1.165) is 16.0 Å². The zero-order valence-electron chi connectivity index (χ0n) is 19.3. The monoisotopic (exact) mass is 490 g/mol. The Morgan fingerprint density at radius 2 is 1.91 bits per heavy atom. The molecule has 9 heteroatoms. The van der Waals surface area contributed by atoms with Gasteiger partial charge in [0, 0.05) is 28.8 Å². The van der Waals surface area contributed by atoms with Crippen molar-refractivity contribution in [1.82, 2.24) is 14.9 Å². The first-order valence-electron chi connectivity index (χ1n) is 11.0. The minimum Gasteiger partial charge on any atom is -0.465 e. The van der Waals surface area contributed by atoms with Gasteiger partial charge in [-0.15, -0.1) is 0 Å². The smallest absolute Gasteiger partial charge is 0.413 e. The number of aromatic amines is 1. The van der Waals surface area contributed by atoms with Gasteiger partial charge in [0.15, 0.2) is 5.72 Å². The third kappa shape index (κ3) is 3.45. The van der Waals surface area contributed by atoms with Crippen LogP contribution in [0.4, 0.5) is 10.7 Å². The van der Waals surface area contributed by atoms with Gasteiger partial charge in [-0.2, -0.15) is 0 Å². The van der Waals surface area contributed by atoms with E-state index in [0.29, 0.717) is 32.7 Å². The predicted octanol–water partition coefficient (Wildman–Crippen LogP) is 5.05. The molecule has 0 aliphatic carbocycles. The molecule has 1 aliphatic rings. The van der Waals surface area contributed by atoms with Gasteiger partial charge in [-0.05, 0) is 55.3 Å². The maximum atomic E-state index is 13.7. The van der Waals surface area contributed by atoms with E-state index in [9.17, 15) is 19.8 Å². The van der Waals surface area contributed by atoms with Gasteiger partial charge < -0.3 is 15.2 Å². The molecule has 0 saturated heterocycles. The van der Waals surface area contributed by atoms with Crippen molar-refractivity contribution in [1.29, 1.82) is 0 Å². The van der Waals surface area contributed by atoms with E-state index in [1.807, 2.05) is 26.0 Å². The van der Waals surface area contributed by atoms with E-state index in [2.05, 4.69) is 9.97 Å². The summed E-state index contributed by atoms with van der Waals surface area (Å²) in [7, 11) is 1.39. The Bertz CT molecular complexity index is 1500. The summed E-state index contributed by atoms with van der Waals surface area (Å²) >= 11 is 6.27. The van der Waals surface area contributed by atoms with Crippen LogP contribution in [-0.4, -0.2) is 44.1 Å². The highest BCUT2D eigenvalue weighted by Crippen LogP contribution is 2.47. The van der Waals surface area contributed by atoms with Crippen molar-refractivity contribution in [3.63, 3.8) is 0 Å². The van der Waals surface area contributed by atoms with E-state index in [1.54, 1.807) is 48.5 Å². The number of hydrogen-bond donors (Lipinski definition) is 3. The van der Waals surface area contributed by atoms with Crippen LogP contribution in [-0.2, 0) is 5.72 Å². The SMILES string of the molecule is Cc1ccc(Cl)cc1C(C)N1C(=O)c2ccccc2C1(O)c1ccc2[nH]c(N(C)C(=O)O)nc2c1. The highest BCUT2D eigenvalue weighted by atomic mass is 35.5. The molecule has 0 bridgehead atoms. The quantitative estimate of drug-likeness (QED) is 0.371. The van der Waals surface area contributed by atoms with Crippen LogP contribution in [0.25, 0.3) is 11.0 Å². The highest BCUT2D eigenvalue weighted by molar-refractivity contribution is 6.30. The molecule has 35 heavy (non-hydrogen) atoms. The van der Waals surface area contributed by atoms with Crippen LogP contribution < -0.4 is 4.90 Å². The number of amides is 2. The van der Waals surface area contributed by atoms with Gasteiger partial charge in [0.1, 0.15) is 0 Å². The molecule has 8 nitrogen and oxygen atoms in total. The number of imidazole rings is 1. The first-order valence-corrected chi connectivity index (χ1v) is 11.4. The Balaban J connectivity index is 1.69. The van der Waals surface area contributed by atoms with Crippen LogP contribution in [0.1, 0.15) is 45.6 Å². The number of rotatable bonds is 4. The number of aromatic nitrogens is 2. The second-order valence-corrected chi connectivity index (χ2v) is 9.14. The second kappa shape index (κ2) is 8.11. The van der Waals surface area contributed by atoms with Crippen LogP contribution in [0.5, 0.6) is 0 Å². The summed E-state index contributed by atoms with van der Waals surface area (Å²) in [6.45, 7) is 3.80. The Morgan fingerprint density at radius 1 is 1.17 bits per heavy atom. The van der Waals surface area contributed by atoms with E-state index < -0.39 is 17.9 Å². The number of aliphatic hydroxyl groups is 1. The minimum atomic E-state index is -1.78. The molecular formula is C26H23ClN4O4. The number of nitrogens with one attached hydrogen (secondary N) is 1. The van der Waals surface area contributed by atoms with Crippen molar-refractivity contribution in [3.8, 4) is 0 Å². The van der Waals surface area contributed by atoms with Gasteiger partial charge in [0.25, 0.3) is 5.91 Å². The molecule has 2 unspecified atom stereocenters. The molecule has 5 rings (SSSR count). The van der Waals surface area contributed by atoms with Gasteiger partial charge in [-0.25, -0.2) is 9.78 Å². The van der Waals surface area contributed by atoms with Crippen LogP contribution >= 0.6 is 11.6 Å². The second-order valence-electron chi connectivity index (χ2n) is 8.70. The highest BCUT2D eigenvalue weighted by Gasteiger charge is 2.52. The molecule has 1 aliphatic heterocycles. The lowest BCUT2D eigenvalue weighted by molar-refractivity contribution is -0.0677. The van der Waals surface area contributed by atoms with Crippen LogP contribution in [0.2, 0.25) is 5.02 Å². The Hall–Kier alpha value is -3.88. The van der Waals surface area contributed by atoms with Crippen molar-refractivity contribution in [3.05, 3.63) is 93.5 Å². The van der Waals surface area contributed by atoms with E-state index in [4.69, 9.17) is 11.6 Å². The molecule has 0 fully saturated rings. The molecule has 0 spiro atoms. The van der Waals surface area contributed by atoms with E-state index in [-0.39, 0.29) is 11.9 Å². The molecule has 2 atom stereocenters. The van der Waals surface area contributed by atoms with Gasteiger partial charge in [-0.1, -0.05) is 41.9 Å². The van der Waals surface area contributed by atoms with Crippen LogP contribution in [0.15, 0.2) is 60.7 Å². The lowest BCUT2D eigenvalue weighted by Crippen LogP contribution is -2.46. The van der Waals surface area contributed by atoms with Crippen LogP contribution in [0, 0.1) is 6.92 Å². The van der Waals surface area contributed by atoms with E-state index in [1.165, 1.54) is 11.9 Å². The van der Waals surface area contributed by atoms with Crippen molar-refractivity contribution < 1.29 is 19.8 Å². The summed E-state index contributed by atoms with van der Waals surface area (Å²) in [5.41, 5.74) is 2.36. The maximum absolute atomic E-state index is 13.7. The molecule has 4 aromatic rings. The standard InChI is InChI=1S/C26H23ClN4O4/c1-14-8-10-17(27)13-19(14)15(2)31-23(32)18-6-4-5-7-20(18)26(31,35)16-9-11-21-22(12-16)29-24(28-21)30(3)25(33)34/h4-13,15,35H,1-3H3,(H,28,29)(H,33,34). The lowest BCUT2D eigenvalue weighted by Gasteiger charge is -2.39. The van der Waals surface area contributed by atoms with Gasteiger partial charge >= 0.3 is 6.09 Å². The molecule has 178 valence electrons. The van der Waals surface area contributed by atoms with E-state index >= 15 is 0 Å². The van der Waals surface area contributed by atoms with Crippen molar-refractivity contribution in [2.45, 2.75) is 25.6 Å². The fraction of sp³-hybridized carbons (Fsp3) is 0.192. The number of carbonyl (C=O) groups excluding carboxylic acids is 1. The lowest BCUT2D eigenvalue weighted by atomic mass is 9.91. The number of carbonyl (C=O) groups is 2. The molecular weight excluding hydrogens is 468 g/mol. The fourth-order valence-corrected chi connectivity index (χ4v) is 4.97. The summed E-state index contributed by atoms with van der Waals surface area (Å²) in [6, 6.07) is 17.1. The van der Waals surface area contributed by atoms with Crippen LogP contribution in [0.3, 0.4) is 0 Å². The fourth-order valence-electron chi connectivity index (χ4n) is 4.79. The topological polar surface area (TPSA) is 110 Å². The summed E-state index contributed by atoms with van der Waals surface area (Å²) < 4.78 is 0. The summed E-state index contributed by atoms with van der Waals surface area (Å²) in [5, 5.41) is 22.2. The number of fused-ring (bicyclic) bond motifs is 2. The number of anilines is 1. The number of hydrogen-bond acceptors (Lipinski definition) is 4. The Morgan fingerprint density at radius 3 is 2.66 bits per heavy atom. The number of carboxylic acid groups (broad SMARTS) is 1. The largest absolute Gasteiger partial charge is 0.465 e. The molecule has 3 N–H and O–H groups in total. The number of H-pyrrole nitrogens is 1. The first kappa shape index (κ1) is 22.9. The van der Waals surface area contributed by atoms with Crippen molar-refractivity contribution in [2.24, 2.45) is 0 Å². The summed E-state index contributed by atoms with van der Waals surface area (Å²) in [4.78, 5) is 34.8. The molecule has 3 aromatic carbocycles.